The molecule has 0 fully saturated rings. The van der Waals surface area contributed by atoms with Crippen LogP contribution in [-0.4, -0.2) is 15.1 Å². The van der Waals surface area contributed by atoms with Crippen LogP contribution in [0.4, 0.5) is 0 Å². The molecule has 0 spiro atoms. The molecular weight excluding hydrogens is 192 g/mol. The molecule has 2 rings (SSSR count). The Hall–Kier alpha value is -1.75. The van der Waals surface area contributed by atoms with Crippen LogP contribution in [0, 0.1) is 0 Å². The summed E-state index contributed by atoms with van der Waals surface area (Å²) in [4.78, 5) is 8.14. The molecule has 1 atom stereocenters. The van der Waals surface area contributed by atoms with Crippen molar-refractivity contribution in [2.24, 2.45) is 5.73 Å². The van der Waals surface area contributed by atoms with Gasteiger partial charge in [0.2, 0.25) is 11.7 Å². The van der Waals surface area contributed by atoms with Gasteiger partial charge in [-0.05, 0) is 18.6 Å². The number of hydrogen-bond acceptors (Lipinski definition) is 5. The molecule has 0 radical (unpaired) electrons. The van der Waals surface area contributed by atoms with Gasteiger partial charge in [0.05, 0.1) is 6.04 Å². The molecule has 15 heavy (non-hydrogen) atoms. The molecule has 2 N–H and O–H groups in total. The summed E-state index contributed by atoms with van der Waals surface area (Å²) in [6.45, 7) is 1.97. The maximum absolute atomic E-state index is 5.78. The maximum atomic E-state index is 5.78. The minimum absolute atomic E-state index is 0.187. The molecule has 0 aromatic carbocycles. The molecule has 2 aromatic rings. The molecule has 0 saturated carbocycles. The van der Waals surface area contributed by atoms with Crippen LogP contribution < -0.4 is 5.73 Å². The smallest absolute Gasteiger partial charge is 0.243 e. The van der Waals surface area contributed by atoms with Crippen molar-refractivity contribution in [2.75, 3.05) is 0 Å². The van der Waals surface area contributed by atoms with Gasteiger partial charge in [-0.1, -0.05) is 12.1 Å². The monoisotopic (exact) mass is 204 g/mol. The highest BCUT2D eigenvalue weighted by Gasteiger charge is 2.13. The van der Waals surface area contributed by atoms with Gasteiger partial charge in [-0.3, -0.25) is 4.98 Å². The zero-order chi connectivity index (χ0) is 10.7. The Morgan fingerprint density at radius 1 is 1.40 bits per heavy atom. The molecule has 78 valence electrons. The lowest BCUT2D eigenvalue weighted by molar-refractivity contribution is 0.352. The standard InChI is InChI=1S/C10H12N4O/c1-2-8(11)10-13-9(14-15-10)7-3-5-12-6-4-7/h3-6,8H,2,11H2,1H3. The van der Waals surface area contributed by atoms with Gasteiger partial charge in [0.25, 0.3) is 0 Å². The number of nitrogens with zero attached hydrogens (tertiary/aromatic N) is 3. The number of pyridine rings is 1. The first kappa shape index (κ1) is 9.79. The molecule has 5 nitrogen and oxygen atoms in total. The van der Waals surface area contributed by atoms with Crippen LogP contribution in [-0.2, 0) is 0 Å². The summed E-state index contributed by atoms with van der Waals surface area (Å²) in [7, 11) is 0. The zero-order valence-corrected chi connectivity index (χ0v) is 8.42. The average molecular weight is 204 g/mol. The second-order valence-electron chi connectivity index (χ2n) is 3.21. The highest BCUT2D eigenvalue weighted by Crippen LogP contribution is 2.17. The summed E-state index contributed by atoms with van der Waals surface area (Å²) in [5, 5.41) is 3.86. The molecule has 0 bridgehead atoms. The minimum Gasteiger partial charge on any atom is -0.337 e. The van der Waals surface area contributed by atoms with Crippen LogP contribution in [0.2, 0.25) is 0 Å². The lowest BCUT2D eigenvalue weighted by atomic mass is 10.2. The predicted octanol–water partition coefficient (Wildman–Crippen LogP) is 1.54. The van der Waals surface area contributed by atoms with Crippen LogP contribution in [0.15, 0.2) is 29.0 Å². The number of rotatable bonds is 3. The Balaban J connectivity index is 2.28. The van der Waals surface area contributed by atoms with Crippen LogP contribution in [0.1, 0.15) is 25.3 Å². The van der Waals surface area contributed by atoms with E-state index in [1.165, 1.54) is 0 Å². The van der Waals surface area contributed by atoms with Gasteiger partial charge in [-0.25, -0.2) is 0 Å². The van der Waals surface area contributed by atoms with Crippen molar-refractivity contribution in [3.63, 3.8) is 0 Å². The SMILES string of the molecule is CCC(N)c1nc(-c2ccncc2)no1. The highest BCUT2D eigenvalue weighted by atomic mass is 16.5. The Kier molecular flexibility index (Phi) is 2.73. The fraction of sp³-hybridized carbons (Fsp3) is 0.300. The molecule has 0 aliphatic carbocycles. The Bertz CT molecular complexity index is 426. The lowest BCUT2D eigenvalue weighted by Crippen LogP contribution is -2.08. The van der Waals surface area contributed by atoms with E-state index in [4.69, 9.17) is 10.3 Å². The molecule has 0 saturated heterocycles. The second kappa shape index (κ2) is 4.18. The first-order valence-electron chi connectivity index (χ1n) is 4.81. The van der Waals surface area contributed by atoms with Crippen molar-refractivity contribution in [1.82, 2.24) is 15.1 Å². The molecule has 5 heteroatoms. The minimum atomic E-state index is -0.187. The quantitative estimate of drug-likeness (QED) is 0.820. The van der Waals surface area contributed by atoms with Crippen LogP contribution in [0.25, 0.3) is 11.4 Å². The molecule has 0 amide bonds. The summed E-state index contributed by atoms with van der Waals surface area (Å²) >= 11 is 0. The van der Waals surface area contributed by atoms with Crippen molar-refractivity contribution in [3.8, 4) is 11.4 Å². The molecule has 2 aromatic heterocycles. The zero-order valence-electron chi connectivity index (χ0n) is 8.42. The third kappa shape index (κ3) is 2.02. The van der Waals surface area contributed by atoms with E-state index in [1.54, 1.807) is 12.4 Å². The van der Waals surface area contributed by atoms with Gasteiger partial charge in [-0.2, -0.15) is 4.98 Å². The number of hydrogen-bond donors (Lipinski definition) is 1. The van der Waals surface area contributed by atoms with E-state index in [9.17, 15) is 0 Å². The van der Waals surface area contributed by atoms with Gasteiger partial charge in [0, 0.05) is 18.0 Å². The van der Waals surface area contributed by atoms with E-state index in [0.717, 1.165) is 12.0 Å². The fourth-order valence-corrected chi connectivity index (χ4v) is 1.18. The fourth-order valence-electron chi connectivity index (χ4n) is 1.18. The van der Waals surface area contributed by atoms with E-state index < -0.39 is 0 Å². The topological polar surface area (TPSA) is 77.8 Å². The average Bonchev–Trinajstić information content (AvgIpc) is 2.78. The second-order valence-corrected chi connectivity index (χ2v) is 3.21. The van der Waals surface area contributed by atoms with Crippen LogP contribution >= 0.6 is 0 Å². The highest BCUT2D eigenvalue weighted by molar-refractivity contribution is 5.52. The van der Waals surface area contributed by atoms with Gasteiger partial charge >= 0.3 is 0 Å². The third-order valence-electron chi connectivity index (χ3n) is 2.14. The molecule has 0 aliphatic rings. The van der Waals surface area contributed by atoms with E-state index >= 15 is 0 Å². The Morgan fingerprint density at radius 2 is 2.13 bits per heavy atom. The van der Waals surface area contributed by atoms with E-state index in [2.05, 4.69) is 15.1 Å². The molecule has 0 aliphatic heterocycles. The van der Waals surface area contributed by atoms with E-state index in [1.807, 2.05) is 19.1 Å². The predicted molar refractivity (Wildman–Crippen MR) is 54.7 cm³/mol. The summed E-state index contributed by atoms with van der Waals surface area (Å²) in [5.41, 5.74) is 6.66. The third-order valence-corrected chi connectivity index (χ3v) is 2.14. The summed E-state index contributed by atoms with van der Waals surface area (Å²) < 4.78 is 5.07. The summed E-state index contributed by atoms with van der Waals surface area (Å²) in [6.07, 6.45) is 4.15. The van der Waals surface area contributed by atoms with Gasteiger partial charge in [0.15, 0.2) is 0 Å². The Morgan fingerprint density at radius 3 is 2.80 bits per heavy atom. The maximum Gasteiger partial charge on any atom is 0.243 e. The summed E-state index contributed by atoms with van der Waals surface area (Å²) in [5.74, 6) is 1.03. The van der Waals surface area contributed by atoms with Crippen molar-refractivity contribution in [3.05, 3.63) is 30.4 Å². The lowest BCUT2D eigenvalue weighted by Gasteiger charge is -1.99. The van der Waals surface area contributed by atoms with Crippen molar-refractivity contribution >= 4 is 0 Å². The number of aromatic nitrogens is 3. The number of nitrogens with two attached hydrogens (primary N) is 1. The Labute approximate surface area is 87.3 Å². The molecule has 2 heterocycles. The van der Waals surface area contributed by atoms with Crippen molar-refractivity contribution in [1.29, 1.82) is 0 Å². The van der Waals surface area contributed by atoms with Gasteiger partial charge in [-0.15, -0.1) is 0 Å². The van der Waals surface area contributed by atoms with Crippen LogP contribution in [0.3, 0.4) is 0 Å². The largest absolute Gasteiger partial charge is 0.337 e. The van der Waals surface area contributed by atoms with Crippen molar-refractivity contribution < 1.29 is 4.52 Å². The normalized spacial score (nSPS) is 12.7. The van der Waals surface area contributed by atoms with Crippen LogP contribution in [0.5, 0.6) is 0 Å². The molecular formula is C10H12N4O. The van der Waals surface area contributed by atoms with Gasteiger partial charge < -0.3 is 10.3 Å². The van der Waals surface area contributed by atoms with Crippen molar-refractivity contribution in [2.45, 2.75) is 19.4 Å². The van der Waals surface area contributed by atoms with Gasteiger partial charge in [0.1, 0.15) is 0 Å². The first-order chi connectivity index (χ1) is 7.31. The van der Waals surface area contributed by atoms with E-state index in [0.29, 0.717) is 11.7 Å². The van der Waals surface area contributed by atoms with E-state index in [-0.39, 0.29) is 6.04 Å². The summed E-state index contributed by atoms with van der Waals surface area (Å²) in [6, 6.07) is 3.46. The first-order valence-corrected chi connectivity index (χ1v) is 4.81. The molecule has 1 unspecified atom stereocenters.